The molecule has 20 heavy (non-hydrogen) atoms. The number of aromatic nitrogens is 2. The van der Waals surface area contributed by atoms with Gasteiger partial charge in [-0.1, -0.05) is 0 Å². The Bertz CT molecular complexity index is 682. The van der Waals surface area contributed by atoms with Gasteiger partial charge >= 0.3 is 5.97 Å². The van der Waals surface area contributed by atoms with Gasteiger partial charge in [-0.3, -0.25) is 14.4 Å². The van der Waals surface area contributed by atoms with E-state index in [9.17, 15) is 9.59 Å². The number of thioether (sulfide) groups is 1. The number of β-lactam (4-membered cyclic amide) rings is 1. The Morgan fingerprint density at radius 2 is 2.40 bits per heavy atom. The summed E-state index contributed by atoms with van der Waals surface area (Å²) in [4.78, 5) is 24.4. The van der Waals surface area contributed by atoms with Crippen molar-refractivity contribution in [2.45, 2.75) is 24.8 Å². The topological polar surface area (TPSA) is 75.4 Å². The van der Waals surface area contributed by atoms with Crippen molar-refractivity contribution in [3.8, 4) is 0 Å². The third-order valence-corrected chi connectivity index (χ3v) is 4.82. The van der Waals surface area contributed by atoms with Crippen LogP contribution in [0.4, 0.5) is 0 Å². The second kappa shape index (κ2) is 3.99. The molecule has 3 aliphatic rings. The number of nitrogens with zero attached hydrogens (tertiary/aromatic N) is 3. The summed E-state index contributed by atoms with van der Waals surface area (Å²) in [6.07, 6.45) is 3.93. The van der Waals surface area contributed by atoms with Crippen molar-refractivity contribution in [2.24, 2.45) is 0 Å². The van der Waals surface area contributed by atoms with E-state index in [4.69, 9.17) is 5.11 Å². The zero-order chi connectivity index (χ0) is 13.9. The van der Waals surface area contributed by atoms with E-state index in [0.717, 1.165) is 25.1 Å². The van der Waals surface area contributed by atoms with E-state index in [2.05, 4.69) is 5.10 Å². The number of rotatable bonds is 2. The van der Waals surface area contributed by atoms with E-state index in [1.54, 1.807) is 6.08 Å². The molecule has 0 spiro atoms. The van der Waals surface area contributed by atoms with E-state index in [-0.39, 0.29) is 17.0 Å². The molecule has 6 nitrogen and oxygen atoms in total. The molecule has 0 bridgehead atoms. The standard InChI is InChI=1S/C13H11N3O3S/c17-11-9(12-16(11)10(6-20-12)13(18)19)5-7-4-8-2-1-3-15(8)14-7/h4-6,12H,1-3H2,(H,18,19)/b9-5+. The van der Waals surface area contributed by atoms with Gasteiger partial charge in [0.15, 0.2) is 0 Å². The number of amides is 1. The second-order valence-corrected chi connectivity index (χ2v) is 5.91. The zero-order valence-corrected chi connectivity index (χ0v) is 11.3. The van der Waals surface area contributed by atoms with E-state index in [1.807, 2.05) is 10.7 Å². The highest BCUT2D eigenvalue weighted by molar-refractivity contribution is 8.03. The Hall–Kier alpha value is -2.02. The van der Waals surface area contributed by atoms with E-state index in [0.29, 0.717) is 5.57 Å². The molecule has 1 amide bonds. The van der Waals surface area contributed by atoms with Crippen LogP contribution in [0.2, 0.25) is 0 Å². The first-order valence-electron chi connectivity index (χ1n) is 6.36. The first-order valence-corrected chi connectivity index (χ1v) is 7.30. The molecular weight excluding hydrogens is 278 g/mol. The predicted molar refractivity (Wildman–Crippen MR) is 72.5 cm³/mol. The van der Waals surface area contributed by atoms with Crippen LogP contribution < -0.4 is 0 Å². The van der Waals surface area contributed by atoms with Crippen LogP contribution in [-0.2, 0) is 22.6 Å². The summed E-state index contributed by atoms with van der Waals surface area (Å²) in [7, 11) is 0. The second-order valence-electron chi connectivity index (χ2n) is 4.96. The number of carboxylic acids is 1. The monoisotopic (exact) mass is 289 g/mol. The highest BCUT2D eigenvalue weighted by Crippen LogP contribution is 2.45. The molecule has 0 aliphatic carbocycles. The van der Waals surface area contributed by atoms with Crippen LogP contribution in [0, 0.1) is 0 Å². The maximum absolute atomic E-state index is 12.0. The molecule has 1 unspecified atom stereocenters. The van der Waals surface area contributed by atoms with E-state index >= 15 is 0 Å². The average Bonchev–Trinajstić information content (AvgIpc) is 3.07. The molecule has 4 heterocycles. The summed E-state index contributed by atoms with van der Waals surface area (Å²) < 4.78 is 1.97. The Morgan fingerprint density at radius 1 is 1.55 bits per heavy atom. The zero-order valence-electron chi connectivity index (χ0n) is 10.4. The van der Waals surface area contributed by atoms with Crippen molar-refractivity contribution in [3.05, 3.63) is 34.1 Å². The van der Waals surface area contributed by atoms with Crippen LogP contribution in [0.1, 0.15) is 17.8 Å². The molecule has 1 aromatic heterocycles. The van der Waals surface area contributed by atoms with Crippen LogP contribution >= 0.6 is 11.8 Å². The molecule has 1 N–H and O–H groups in total. The average molecular weight is 289 g/mol. The number of hydrogen-bond acceptors (Lipinski definition) is 4. The third kappa shape index (κ3) is 1.49. The molecule has 4 rings (SSSR count). The largest absolute Gasteiger partial charge is 0.477 e. The molecule has 1 fully saturated rings. The van der Waals surface area contributed by atoms with Gasteiger partial charge in [0, 0.05) is 17.6 Å². The van der Waals surface area contributed by atoms with Gasteiger partial charge in [0.05, 0.1) is 11.3 Å². The third-order valence-electron chi connectivity index (χ3n) is 3.74. The minimum Gasteiger partial charge on any atom is -0.477 e. The van der Waals surface area contributed by atoms with Crippen LogP contribution in [0.15, 0.2) is 22.7 Å². The number of aliphatic carboxylic acids is 1. The smallest absolute Gasteiger partial charge is 0.353 e. The molecule has 0 aromatic carbocycles. The van der Waals surface area contributed by atoms with E-state index in [1.165, 1.54) is 27.8 Å². The van der Waals surface area contributed by atoms with E-state index < -0.39 is 5.97 Å². The summed E-state index contributed by atoms with van der Waals surface area (Å²) >= 11 is 1.35. The predicted octanol–water partition coefficient (Wildman–Crippen LogP) is 1.05. The van der Waals surface area contributed by atoms with Gasteiger partial charge in [0.25, 0.3) is 5.91 Å². The molecule has 7 heteroatoms. The fourth-order valence-electron chi connectivity index (χ4n) is 2.78. The maximum Gasteiger partial charge on any atom is 0.353 e. The van der Waals surface area contributed by atoms with Gasteiger partial charge in [0.2, 0.25) is 0 Å². The fourth-order valence-corrected chi connectivity index (χ4v) is 3.90. The van der Waals surface area contributed by atoms with Crippen molar-refractivity contribution < 1.29 is 14.7 Å². The van der Waals surface area contributed by atoms with Crippen molar-refractivity contribution in [1.82, 2.24) is 14.7 Å². The molecule has 1 atom stereocenters. The van der Waals surface area contributed by atoms with Crippen LogP contribution in [0.3, 0.4) is 0 Å². The molecule has 102 valence electrons. The first kappa shape index (κ1) is 11.8. The normalized spacial score (nSPS) is 25.5. The number of fused-ring (bicyclic) bond motifs is 2. The minimum absolute atomic E-state index is 0.0643. The lowest BCUT2D eigenvalue weighted by Crippen LogP contribution is -2.51. The number of aryl methyl sites for hydroxylation is 2. The number of carbonyl (C=O) groups excluding carboxylic acids is 1. The van der Waals surface area contributed by atoms with Crippen molar-refractivity contribution in [1.29, 1.82) is 0 Å². The molecule has 3 aliphatic heterocycles. The van der Waals surface area contributed by atoms with Gasteiger partial charge in [-0.15, -0.1) is 11.8 Å². The Balaban J connectivity index is 1.61. The quantitative estimate of drug-likeness (QED) is 0.650. The Kier molecular flexibility index (Phi) is 2.35. The first-order chi connectivity index (χ1) is 9.65. The summed E-state index contributed by atoms with van der Waals surface area (Å²) in [5, 5.41) is 14.8. The highest BCUT2D eigenvalue weighted by Gasteiger charge is 2.49. The lowest BCUT2D eigenvalue weighted by Gasteiger charge is -2.36. The lowest BCUT2D eigenvalue weighted by atomic mass is 10.0. The lowest BCUT2D eigenvalue weighted by molar-refractivity contribution is -0.141. The van der Waals surface area contributed by atoms with Gasteiger partial charge < -0.3 is 5.11 Å². The minimum atomic E-state index is -1.06. The number of carboxylic acid groups (broad SMARTS) is 1. The summed E-state index contributed by atoms with van der Waals surface area (Å²) in [6.45, 7) is 0.932. The molecule has 0 radical (unpaired) electrons. The van der Waals surface area contributed by atoms with Crippen LogP contribution in [0.25, 0.3) is 6.08 Å². The summed E-state index contributed by atoms with van der Waals surface area (Å²) in [6, 6.07) is 2.00. The summed E-state index contributed by atoms with van der Waals surface area (Å²) in [5.74, 6) is -1.30. The van der Waals surface area contributed by atoms with Crippen molar-refractivity contribution in [3.63, 3.8) is 0 Å². The van der Waals surface area contributed by atoms with Gasteiger partial charge in [0.1, 0.15) is 11.1 Å². The van der Waals surface area contributed by atoms with Crippen LogP contribution in [-0.4, -0.2) is 37.0 Å². The van der Waals surface area contributed by atoms with Crippen molar-refractivity contribution in [2.75, 3.05) is 0 Å². The maximum atomic E-state index is 12.0. The van der Waals surface area contributed by atoms with Gasteiger partial charge in [-0.2, -0.15) is 5.10 Å². The summed E-state index contributed by atoms with van der Waals surface area (Å²) in [5.41, 5.74) is 2.67. The van der Waals surface area contributed by atoms with Crippen molar-refractivity contribution >= 4 is 29.7 Å². The number of hydrogen-bond donors (Lipinski definition) is 1. The molecule has 0 saturated carbocycles. The van der Waals surface area contributed by atoms with Gasteiger partial charge in [-0.25, -0.2) is 4.79 Å². The molecular formula is C13H11N3O3S. The Morgan fingerprint density at radius 3 is 3.15 bits per heavy atom. The molecule has 1 saturated heterocycles. The Labute approximate surface area is 118 Å². The molecule has 1 aromatic rings. The number of carbonyl (C=O) groups is 2. The van der Waals surface area contributed by atoms with Crippen LogP contribution in [0.5, 0.6) is 0 Å². The SMILES string of the molecule is O=C(O)C1=CSC2/C(=C/c3cc4n(n3)CCC4)C(=O)N12. The van der Waals surface area contributed by atoms with Gasteiger partial charge in [-0.05, 0) is 25.0 Å². The fraction of sp³-hybridized carbons (Fsp3) is 0.308. The highest BCUT2D eigenvalue weighted by atomic mass is 32.2.